The van der Waals surface area contributed by atoms with Gasteiger partial charge in [0.05, 0.1) is 18.7 Å². The number of aliphatic hydroxyl groups is 1. The maximum Gasteiger partial charge on any atom is 0.248 e. The molecule has 6 heteroatoms. The third-order valence-corrected chi connectivity index (χ3v) is 3.63. The van der Waals surface area contributed by atoms with Crippen molar-refractivity contribution >= 4 is 29.0 Å². The van der Waals surface area contributed by atoms with Gasteiger partial charge >= 0.3 is 0 Å². The fraction of sp³-hybridized carbons (Fsp3) is 0.200. The van der Waals surface area contributed by atoms with Crippen LogP contribution in [0.5, 0.6) is 5.75 Å². The largest absolute Gasteiger partial charge is 0.496 e. The SMILES string of the molecule is COc1ccc(NC(=O)/C=C/c2cnc(C)s2)cc1CO. The maximum atomic E-state index is 11.8. The molecule has 110 valence electrons. The minimum Gasteiger partial charge on any atom is -0.496 e. The smallest absolute Gasteiger partial charge is 0.248 e. The minimum absolute atomic E-state index is 0.150. The summed E-state index contributed by atoms with van der Waals surface area (Å²) in [5.74, 6) is 0.348. The van der Waals surface area contributed by atoms with Gasteiger partial charge in [-0.2, -0.15) is 0 Å². The van der Waals surface area contributed by atoms with E-state index in [1.54, 1.807) is 30.5 Å². The summed E-state index contributed by atoms with van der Waals surface area (Å²) in [6, 6.07) is 5.11. The lowest BCUT2D eigenvalue weighted by Crippen LogP contribution is -2.08. The number of hydrogen-bond acceptors (Lipinski definition) is 5. The summed E-state index contributed by atoms with van der Waals surface area (Å²) in [5.41, 5.74) is 1.23. The number of thiazole rings is 1. The van der Waals surface area contributed by atoms with Gasteiger partial charge in [0.1, 0.15) is 5.75 Å². The summed E-state index contributed by atoms with van der Waals surface area (Å²) in [6.07, 6.45) is 4.90. The van der Waals surface area contributed by atoms with Crippen molar-refractivity contribution in [2.75, 3.05) is 12.4 Å². The molecule has 1 aromatic carbocycles. The van der Waals surface area contributed by atoms with Crippen LogP contribution in [0.15, 0.2) is 30.5 Å². The Kier molecular flexibility index (Phi) is 5.08. The molecular formula is C15H16N2O3S. The number of amides is 1. The summed E-state index contributed by atoms with van der Waals surface area (Å²) in [7, 11) is 1.53. The zero-order valence-electron chi connectivity index (χ0n) is 11.8. The van der Waals surface area contributed by atoms with Gasteiger partial charge in [0.25, 0.3) is 0 Å². The minimum atomic E-state index is -0.241. The average molecular weight is 304 g/mol. The molecule has 1 heterocycles. The molecule has 0 unspecified atom stereocenters. The van der Waals surface area contributed by atoms with Crippen molar-refractivity contribution in [3.05, 3.63) is 45.9 Å². The normalized spacial score (nSPS) is 10.8. The molecule has 5 nitrogen and oxygen atoms in total. The average Bonchev–Trinajstić information content (AvgIpc) is 2.90. The van der Waals surface area contributed by atoms with Crippen molar-refractivity contribution in [2.24, 2.45) is 0 Å². The molecule has 0 saturated carbocycles. The first kappa shape index (κ1) is 15.2. The van der Waals surface area contributed by atoms with E-state index < -0.39 is 0 Å². The van der Waals surface area contributed by atoms with Crippen LogP contribution in [-0.4, -0.2) is 23.1 Å². The Morgan fingerprint density at radius 3 is 2.95 bits per heavy atom. The second-order valence-electron chi connectivity index (χ2n) is 4.29. The number of methoxy groups -OCH3 is 1. The van der Waals surface area contributed by atoms with E-state index in [9.17, 15) is 9.90 Å². The van der Waals surface area contributed by atoms with Gasteiger partial charge in [0, 0.05) is 28.4 Å². The van der Waals surface area contributed by atoms with Crippen molar-refractivity contribution < 1.29 is 14.6 Å². The highest BCUT2D eigenvalue weighted by molar-refractivity contribution is 7.12. The van der Waals surface area contributed by atoms with Gasteiger partial charge in [0.2, 0.25) is 5.91 Å². The predicted octanol–water partition coefficient (Wildman–Crippen LogP) is 2.60. The number of hydrogen-bond donors (Lipinski definition) is 2. The van der Waals surface area contributed by atoms with Crippen molar-refractivity contribution in [1.82, 2.24) is 4.98 Å². The Morgan fingerprint density at radius 2 is 2.33 bits per heavy atom. The molecule has 21 heavy (non-hydrogen) atoms. The van der Waals surface area contributed by atoms with Crippen molar-refractivity contribution in [2.45, 2.75) is 13.5 Å². The molecule has 2 aromatic rings. The summed E-state index contributed by atoms with van der Waals surface area (Å²) < 4.78 is 5.11. The molecule has 0 aliphatic carbocycles. The van der Waals surface area contributed by atoms with E-state index in [0.717, 1.165) is 9.88 Å². The van der Waals surface area contributed by atoms with Gasteiger partial charge in [-0.05, 0) is 31.2 Å². The van der Waals surface area contributed by atoms with E-state index in [4.69, 9.17) is 4.74 Å². The van der Waals surface area contributed by atoms with Crippen LogP contribution in [0.1, 0.15) is 15.4 Å². The van der Waals surface area contributed by atoms with Crippen molar-refractivity contribution in [1.29, 1.82) is 0 Å². The van der Waals surface area contributed by atoms with Crippen LogP contribution in [0.3, 0.4) is 0 Å². The Balaban J connectivity index is 2.04. The monoisotopic (exact) mass is 304 g/mol. The van der Waals surface area contributed by atoms with E-state index in [0.29, 0.717) is 17.0 Å². The number of nitrogens with one attached hydrogen (secondary N) is 1. The third kappa shape index (κ3) is 4.14. The molecule has 0 radical (unpaired) electrons. The molecule has 0 atom stereocenters. The van der Waals surface area contributed by atoms with E-state index >= 15 is 0 Å². The van der Waals surface area contributed by atoms with Crippen LogP contribution >= 0.6 is 11.3 Å². The highest BCUT2D eigenvalue weighted by atomic mass is 32.1. The quantitative estimate of drug-likeness (QED) is 0.833. The van der Waals surface area contributed by atoms with Crippen LogP contribution in [0.2, 0.25) is 0 Å². The lowest BCUT2D eigenvalue weighted by atomic mass is 10.2. The zero-order valence-corrected chi connectivity index (χ0v) is 12.6. The second kappa shape index (κ2) is 7.01. The standard InChI is InChI=1S/C15H16N2O3S/c1-10-16-8-13(21-10)4-6-15(19)17-12-3-5-14(20-2)11(7-12)9-18/h3-8,18H,9H2,1-2H3,(H,17,19)/b6-4+. The molecule has 1 amide bonds. The topological polar surface area (TPSA) is 71.5 Å². The molecule has 0 aliphatic heterocycles. The van der Waals surface area contributed by atoms with Gasteiger partial charge in [0.15, 0.2) is 0 Å². The number of carbonyl (C=O) groups is 1. The van der Waals surface area contributed by atoms with Crippen LogP contribution < -0.4 is 10.1 Å². The highest BCUT2D eigenvalue weighted by Crippen LogP contribution is 2.22. The Morgan fingerprint density at radius 1 is 1.52 bits per heavy atom. The summed E-state index contributed by atoms with van der Waals surface area (Å²) >= 11 is 1.52. The van der Waals surface area contributed by atoms with Crippen molar-refractivity contribution in [3.63, 3.8) is 0 Å². The number of rotatable bonds is 5. The first-order valence-corrected chi connectivity index (χ1v) is 7.13. The van der Waals surface area contributed by atoms with Gasteiger partial charge < -0.3 is 15.2 Å². The first-order chi connectivity index (χ1) is 10.1. The molecule has 0 saturated heterocycles. The molecule has 2 N–H and O–H groups in total. The van der Waals surface area contributed by atoms with Crippen LogP contribution in [0.4, 0.5) is 5.69 Å². The lowest BCUT2D eigenvalue weighted by Gasteiger charge is -2.09. The molecule has 0 spiro atoms. The maximum absolute atomic E-state index is 11.8. The number of ether oxygens (including phenoxy) is 1. The number of aromatic nitrogens is 1. The summed E-state index contributed by atoms with van der Waals surface area (Å²) in [6.45, 7) is 1.76. The Hall–Kier alpha value is -2.18. The van der Waals surface area contributed by atoms with Crippen LogP contribution in [0, 0.1) is 6.92 Å². The summed E-state index contributed by atoms with van der Waals surface area (Å²) in [4.78, 5) is 16.9. The molecule has 1 aromatic heterocycles. The van der Waals surface area contributed by atoms with Crippen LogP contribution in [-0.2, 0) is 11.4 Å². The van der Waals surface area contributed by atoms with E-state index in [1.807, 2.05) is 6.92 Å². The molecular weight excluding hydrogens is 288 g/mol. The summed E-state index contributed by atoms with van der Waals surface area (Å²) in [5, 5.41) is 12.9. The first-order valence-electron chi connectivity index (χ1n) is 6.31. The van der Waals surface area contributed by atoms with Crippen molar-refractivity contribution in [3.8, 4) is 5.75 Å². The van der Waals surface area contributed by atoms with E-state index in [1.165, 1.54) is 24.5 Å². The van der Waals surface area contributed by atoms with Gasteiger partial charge in [-0.15, -0.1) is 11.3 Å². The lowest BCUT2D eigenvalue weighted by molar-refractivity contribution is -0.111. The molecule has 0 aliphatic rings. The Labute approximate surface area is 126 Å². The third-order valence-electron chi connectivity index (χ3n) is 2.76. The van der Waals surface area contributed by atoms with E-state index in [2.05, 4.69) is 10.3 Å². The number of carbonyl (C=O) groups excluding carboxylic acids is 1. The predicted molar refractivity (Wildman–Crippen MR) is 83.4 cm³/mol. The number of aliphatic hydroxyl groups excluding tert-OH is 1. The highest BCUT2D eigenvalue weighted by Gasteiger charge is 2.05. The fourth-order valence-corrected chi connectivity index (χ4v) is 2.46. The Bertz CT molecular complexity index is 665. The number of aryl methyl sites for hydroxylation is 1. The van der Waals surface area contributed by atoms with E-state index in [-0.39, 0.29) is 12.5 Å². The fourth-order valence-electron chi connectivity index (χ4n) is 1.78. The molecule has 2 rings (SSSR count). The molecule has 0 bridgehead atoms. The number of benzene rings is 1. The van der Waals surface area contributed by atoms with Gasteiger partial charge in [-0.3, -0.25) is 4.79 Å². The number of nitrogens with zero attached hydrogens (tertiary/aromatic N) is 1. The molecule has 0 fully saturated rings. The number of anilines is 1. The zero-order chi connectivity index (χ0) is 15.2. The van der Waals surface area contributed by atoms with Gasteiger partial charge in [-0.25, -0.2) is 4.98 Å². The van der Waals surface area contributed by atoms with Gasteiger partial charge in [-0.1, -0.05) is 0 Å². The van der Waals surface area contributed by atoms with Crippen LogP contribution in [0.25, 0.3) is 6.08 Å². The second-order valence-corrected chi connectivity index (χ2v) is 5.56.